The van der Waals surface area contributed by atoms with Crippen LogP contribution < -0.4 is 4.72 Å². The number of benzene rings is 2. The number of fused-ring (bicyclic) bond motifs is 1. The van der Waals surface area contributed by atoms with Crippen LogP contribution >= 0.6 is 11.6 Å². The van der Waals surface area contributed by atoms with Gasteiger partial charge >= 0.3 is 0 Å². The predicted molar refractivity (Wildman–Crippen MR) is 96.8 cm³/mol. The SMILES string of the molecule is Cc1cc(CCNS(=O)(=O)c2cncc3ccccc23)ccc1Cl. The molecule has 0 aliphatic heterocycles. The summed E-state index contributed by atoms with van der Waals surface area (Å²) in [7, 11) is -3.61. The minimum absolute atomic E-state index is 0.202. The molecular formula is C18H17ClN2O2S. The Morgan fingerprint density at radius 2 is 1.92 bits per heavy atom. The smallest absolute Gasteiger partial charge is 0.242 e. The number of pyridine rings is 1. The molecule has 0 saturated heterocycles. The van der Waals surface area contributed by atoms with Gasteiger partial charge in [-0.25, -0.2) is 13.1 Å². The monoisotopic (exact) mass is 360 g/mol. The van der Waals surface area contributed by atoms with Gasteiger partial charge in [0.25, 0.3) is 0 Å². The van der Waals surface area contributed by atoms with E-state index in [1.807, 2.05) is 43.3 Å². The van der Waals surface area contributed by atoms with E-state index in [0.717, 1.165) is 16.5 Å². The molecule has 1 aromatic heterocycles. The van der Waals surface area contributed by atoms with Gasteiger partial charge in [0.1, 0.15) is 4.90 Å². The van der Waals surface area contributed by atoms with Crippen molar-refractivity contribution in [1.29, 1.82) is 0 Å². The molecule has 1 N–H and O–H groups in total. The Balaban J connectivity index is 1.77. The average Bonchev–Trinajstić information content (AvgIpc) is 2.57. The Morgan fingerprint density at radius 3 is 2.71 bits per heavy atom. The number of nitrogens with one attached hydrogen (secondary N) is 1. The molecule has 1 heterocycles. The molecule has 3 rings (SSSR count). The topological polar surface area (TPSA) is 59.1 Å². The first-order valence-electron chi connectivity index (χ1n) is 7.55. The fraction of sp³-hybridized carbons (Fsp3) is 0.167. The summed E-state index contributed by atoms with van der Waals surface area (Å²) in [6, 6.07) is 13.0. The summed E-state index contributed by atoms with van der Waals surface area (Å²) in [5.74, 6) is 0. The van der Waals surface area contributed by atoms with Gasteiger partial charge in [-0.2, -0.15) is 0 Å². The Morgan fingerprint density at radius 1 is 1.12 bits per heavy atom. The maximum Gasteiger partial charge on any atom is 0.242 e. The normalized spacial score (nSPS) is 11.8. The van der Waals surface area contributed by atoms with Gasteiger partial charge < -0.3 is 0 Å². The number of nitrogens with zero attached hydrogens (tertiary/aromatic N) is 1. The molecule has 3 aromatic rings. The molecule has 0 unspecified atom stereocenters. The number of hydrogen-bond acceptors (Lipinski definition) is 3. The van der Waals surface area contributed by atoms with Crippen molar-refractivity contribution in [3.8, 4) is 0 Å². The van der Waals surface area contributed by atoms with Crippen molar-refractivity contribution in [1.82, 2.24) is 9.71 Å². The number of halogens is 1. The lowest BCUT2D eigenvalue weighted by Crippen LogP contribution is -2.26. The molecule has 6 heteroatoms. The second-order valence-electron chi connectivity index (χ2n) is 5.59. The zero-order chi connectivity index (χ0) is 17.2. The summed E-state index contributed by atoms with van der Waals surface area (Å²) in [5.41, 5.74) is 2.02. The number of aryl methyl sites for hydroxylation is 1. The summed E-state index contributed by atoms with van der Waals surface area (Å²) >= 11 is 6.00. The second-order valence-corrected chi connectivity index (χ2v) is 7.73. The molecule has 124 valence electrons. The van der Waals surface area contributed by atoms with Crippen molar-refractivity contribution in [2.24, 2.45) is 0 Å². The van der Waals surface area contributed by atoms with Crippen LogP contribution in [0.5, 0.6) is 0 Å². The quantitative estimate of drug-likeness (QED) is 0.754. The van der Waals surface area contributed by atoms with Crippen LogP contribution in [0.15, 0.2) is 59.8 Å². The molecule has 0 atom stereocenters. The standard InChI is InChI=1S/C18H17ClN2O2S/c1-13-10-14(6-7-17(13)19)8-9-21-24(22,23)18-12-20-11-15-4-2-3-5-16(15)18/h2-7,10-12,21H,8-9H2,1H3. The van der Waals surface area contributed by atoms with Gasteiger partial charge in [0.2, 0.25) is 10.0 Å². The molecule has 0 saturated carbocycles. The fourth-order valence-corrected chi connectivity index (χ4v) is 3.89. The Labute approximate surface area is 146 Å². The number of hydrogen-bond donors (Lipinski definition) is 1. The van der Waals surface area contributed by atoms with E-state index in [2.05, 4.69) is 9.71 Å². The van der Waals surface area contributed by atoms with E-state index >= 15 is 0 Å². The minimum atomic E-state index is -3.61. The summed E-state index contributed by atoms with van der Waals surface area (Å²) in [6.45, 7) is 2.24. The van der Waals surface area contributed by atoms with Crippen molar-refractivity contribution < 1.29 is 8.42 Å². The van der Waals surface area contributed by atoms with Crippen LogP contribution in [0.3, 0.4) is 0 Å². The van der Waals surface area contributed by atoms with E-state index in [9.17, 15) is 8.42 Å². The molecule has 0 radical (unpaired) electrons. The zero-order valence-corrected chi connectivity index (χ0v) is 14.7. The van der Waals surface area contributed by atoms with Crippen molar-refractivity contribution in [2.45, 2.75) is 18.2 Å². The number of rotatable bonds is 5. The van der Waals surface area contributed by atoms with Gasteiger partial charge in [-0.1, -0.05) is 48.0 Å². The van der Waals surface area contributed by atoms with Crippen LogP contribution in [0.2, 0.25) is 5.02 Å². The van der Waals surface area contributed by atoms with E-state index in [-0.39, 0.29) is 4.90 Å². The molecular weight excluding hydrogens is 344 g/mol. The van der Waals surface area contributed by atoms with Crippen LogP contribution in [0.4, 0.5) is 0 Å². The van der Waals surface area contributed by atoms with Gasteiger partial charge in [-0.05, 0) is 30.5 Å². The van der Waals surface area contributed by atoms with Gasteiger partial charge in [0.05, 0.1) is 0 Å². The van der Waals surface area contributed by atoms with E-state index < -0.39 is 10.0 Å². The lowest BCUT2D eigenvalue weighted by molar-refractivity contribution is 0.582. The van der Waals surface area contributed by atoms with Gasteiger partial charge in [-0.15, -0.1) is 0 Å². The fourth-order valence-electron chi connectivity index (χ4n) is 2.57. The van der Waals surface area contributed by atoms with Gasteiger partial charge in [-0.3, -0.25) is 4.98 Å². The number of aromatic nitrogens is 1. The average molecular weight is 361 g/mol. The van der Waals surface area contributed by atoms with Crippen LogP contribution in [0.1, 0.15) is 11.1 Å². The summed E-state index contributed by atoms with van der Waals surface area (Å²) in [5, 5.41) is 2.18. The van der Waals surface area contributed by atoms with Crippen molar-refractivity contribution in [3.63, 3.8) is 0 Å². The Kier molecular flexibility index (Phi) is 4.85. The van der Waals surface area contributed by atoms with Gasteiger partial charge in [0.15, 0.2) is 0 Å². The summed E-state index contributed by atoms with van der Waals surface area (Å²) in [6.07, 6.45) is 3.64. The summed E-state index contributed by atoms with van der Waals surface area (Å²) < 4.78 is 27.8. The van der Waals surface area contributed by atoms with Crippen LogP contribution in [0, 0.1) is 6.92 Å². The first kappa shape index (κ1) is 16.9. The van der Waals surface area contributed by atoms with E-state index in [0.29, 0.717) is 23.4 Å². The van der Waals surface area contributed by atoms with Crippen molar-refractivity contribution in [3.05, 3.63) is 71.0 Å². The molecule has 4 nitrogen and oxygen atoms in total. The molecule has 24 heavy (non-hydrogen) atoms. The molecule has 2 aromatic carbocycles. The molecule has 0 amide bonds. The first-order valence-corrected chi connectivity index (χ1v) is 9.41. The molecule has 0 aliphatic carbocycles. The van der Waals surface area contributed by atoms with Crippen LogP contribution in [-0.2, 0) is 16.4 Å². The van der Waals surface area contributed by atoms with Gasteiger partial charge in [0, 0.05) is 34.7 Å². The van der Waals surface area contributed by atoms with E-state index in [1.165, 1.54) is 6.20 Å². The van der Waals surface area contributed by atoms with E-state index in [1.54, 1.807) is 12.3 Å². The molecule has 0 bridgehead atoms. The molecule has 0 fully saturated rings. The first-order chi connectivity index (χ1) is 11.5. The largest absolute Gasteiger partial charge is 0.263 e. The Bertz CT molecular complexity index is 982. The lowest BCUT2D eigenvalue weighted by atomic mass is 10.1. The molecule has 0 aliphatic rings. The molecule has 0 spiro atoms. The van der Waals surface area contributed by atoms with Crippen LogP contribution in [0.25, 0.3) is 10.8 Å². The third-order valence-electron chi connectivity index (χ3n) is 3.85. The highest BCUT2D eigenvalue weighted by molar-refractivity contribution is 7.89. The van der Waals surface area contributed by atoms with E-state index in [4.69, 9.17) is 11.6 Å². The third kappa shape index (κ3) is 3.59. The zero-order valence-electron chi connectivity index (χ0n) is 13.2. The lowest BCUT2D eigenvalue weighted by Gasteiger charge is -2.09. The highest BCUT2D eigenvalue weighted by Crippen LogP contribution is 2.21. The third-order valence-corrected chi connectivity index (χ3v) is 5.76. The minimum Gasteiger partial charge on any atom is -0.263 e. The van der Waals surface area contributed by atoms with Crippen molar-refractivity contribution in [2.75, 3.05) is 6.54 Å². The predicted octanol–water partition coefficient (Wildman–Crippen LogP) is 3.72. The second kappa shape index (κ2) is 6.89. The van der Waals surface area contributed by atoms with Crippen LogP contribution in [-0.4, -0.2) is 19.9 Å². The maximum atomic E-state index is 12.6. The van der Waals surface area contributed by atoms with Crippen molar-refractivity contribution >= 4 is 32.4 Å². The Hall–Kier alpha value is -1.95. The number of sulfonamides is 1. The highest BCUT2D eigenvalue weighted by atomic mass is 35.5. The maximum absolute atomic E-state index is 12.6. The highest BCUT2D eigenvalue weighted by Gasteiger charge is 2.17. The summed E-state index contributed by atoms with van der Waals surface area (Å²) in [4.78, 5) is 4.23.